The van der Waals surface area contributed by atoms with Gasteiger partial charge in [0.2, 0.25) is 0 Å². The summed E-state index contributed by atoms with van der Waals surface area (Å²) in [5.74, 6) is 1.44. The highest BCUT2D eigenvalue weighted by molar-refractivity contribution is 5.42. The molecule has 1 aliphatic heterocycles. The number of pyridine rings is 1. The highest BCUT2D eigenvalue weighted by Crippen LogP contribution is 2.35. The van der Waals surface area contributed by atoms with E-state index < -0.39 is 0 Å². The summed E-state index contributed by atoms with van der Waals surface area (Å²) in [5, 5.41) is 7.14. The molecule has 1 N–H and O–H groups in total. The van der Waals surface area contributed by atoms with E-state index >= 15 is 0 Å². The first-order valence-corrected chi connectivity index (χ1v) is 7.12. The molecule has 0 spiro atoms. The maximum Gasteiger partial charge on any atom is 0.183 e. The van der Waals surface area contributed by atoms with Crippen LogP contribution in [0.4, 0.5) is 0 Å². The molecule has 0 amide bonds. The van der Waals surface area contributed by atoms with Crippen molar-refractivity contribution in [3.63, 3.8) is 0 Å². The fraction of sp³-hybridized carbons (Fsp3) is 0.467. The Labute approximate surface area is 124 Å². The van der Waals surface area contributed by atoms with Crippen molar-refractivity contribution < 1.29 is 9.47 Å². The molecule has 1 fully saturated rings. The Hall–Kier alpha value is -2.08. The van der Waals surface area contributed by atoms with Crippen molar-refractivity contribution >= 4 is 0 Å². The molecule has 6 nitrogen and oxygen atoms in total. The van der Waals surface area contributed by atoms with Gasteiger partial charge in [-0.1, -0.05) is 0 Å². The molecule has 6 heteroatoms. The largest absolute Gasteiger partial charge is 0.493 e. The number of methoxy groups -OCH3 is 2. The molecule has 0 aliphatic carbocycles. The third-order valence-electron chi connectivity index (χ3n) is 3.96. The van der Waals surface area contributed by atoms with Crippen molar-refractivity contribution in [1.29, 1.82) is 0 Å². The van der Waals surface area contributed by atoms with Crippen molar-refractivity contribution in [3.8, 4) is 11.5 Å². The van der Waals surface area contributed by atoms with Crippen LogP contribution in [-0.2, 0) is 6.54 Å². The molecule has 0 saturated carbocycles. The van der Waals surface area contributed by atoms with Gasteiger partial charge >= 0.3 is 0 Å². The molecule has 112 valence electrons. The first-order chi connectivity index (χ1) is 10.3. The Morgan fingerprint density at radius 1 is 1.29 bits per heavy atom. The second-order valence-corrected chi connectivity index (χ2v) is 5.13. The molecule has 0 aromatic carbocycles. The summed E-state index contributed by atoms with van der Waals surface area (Å²) in [7, 11) is 3.30. The smallest absolute Gasteiger partial charge is 0.183 e. The van der Waals surface area contributed by atoms with Crippen LogP contribution in [0.25, 0.3) is 0 Å². The lowest BCUT2D eigenvalue weighted by Gasteiger charge is -2.24. The maximum absolute atomic E-state index is 5.47. The SMILES string of the molecule is COc1ccnc(CN2CCCC2c2ccn[nH]2)c1OC. The van der Waals surface area contributed by atoms with E-state index in [2.05, 4.69) is 20.1 Å². The minimum Gasteiger partial charge on any atom is -0.493 e. The van der Waals surface area contributed by atoms with Gasteiger partial charge in [-0.15, -0.1) is 0 Å². The van der Waals surface area contributed by atoms with Gasteiger partial charge in [-0.2, -0.15) is 5.10 Å². The molecule has 0 radical (unpaired) electrons. The van der Waals surface area contributed by atoms with Crippen LogP contribution < -0.4 is 9.47 Å². The van der Waals surface area contributed by atoms with Crippen LogP contribution in [0.15, 0.2) is 24.5 Å². The Morgan fingerprint density at radius 2 is 2.19 bits per heavy atom. The van der Waals surface area contributed by atoms with Crippen LogP contribution in [-0.4, -0.2) is 40.8 Å². The molecule has 1 atom stereocenters. The van der Waals surface area contributed by atoms with Gasteiger partial charge in [0.15, 0.2) is 11.5 Å². The molecule has 3 heterocycles. The van der Waals surface area contributed by atoms with Gasteiger partial charge < -0.3 is 9.47 Å². The van der Waals surface area contributed by atoms with E-state index in [1.807, 2.05) is 12.1 Å². The zero-order valence-corrected chi connectivity index (χ0v) is 12.4. The predicted molar refractivity (Wildman–Crippen MR) is 78.3 cm³/mol. The Kier molecular flexibility index (Phi) is 4.06. The fourth-order valence-corrected chi connectivity index (χ4v) is 2.98. The number of hydrogen-bond donors (Lipinski definition) is 1. The summed E-state index contributed by atoms with van der Waals surface area (Å²) in [6.45, 7) is 1.79. The summed E-state index contributed by atoms with van der Waals surface area (Å²) in [5.41, 5.74) is 2.07. The quantitative estimate of drug-likeness (QED) is 0.913. The number of aromatic amines is 1. The van der Waals surface area contributed by atoms with Crippen molar-refractivity contribution in [1.82, 2.24) is 20.1 Å². The number of hydrogen-bond acceptors (Lipinski definition) is 5. The van der Waals surface area contributed by atoms with E-state index in [9.17, 15) is 0 Å². The lowest BCUT2D eigenvalue weighted by Crippen LogP contribution is -2.24. The standard InChI is InChI=1S/C15H20N4O2/c1-20-14-6-7-16-12(15(14)21-2)10-19-9-3-4-13(19)11-5-8-17-18-11/h5-8,13H,3-4,9-10H2,1-2H3,(H,17,18). The van der Waals surface area contributed by atoms with E-state index in [4.69, 9.17) is 9.47 Å². The number of likely N-dealkylation sites (tertiary alicyclic amines) is 1. The second kappa shape index (κ2) is 6.13. The molecule has 1 saturated heterocycles. The zero-order chi connectivity index (χ0) is 14.7. The van der Waals surface area contributed by atoms with Gasteiger partial charge in [0.1, 0.15) is 5.69 Å². The first-order valence-electron chi connectivity index (χ1n) is 7.12. The highest BCUT2D eigenvalue weighted by atomic mass is 16.5. The van der Waals surface area contributed by atoms with Crippen molar-refractivity contribution in [3.05, 3.63) is 35.9 Å². The summed E-state index contributed by atoms with van der Waals surface area (Å²) in [6, 6.07) is 4.22. The Morgan fingerprint density at radius 3 is 2.90 bits per heavy atom. The number of ether oxygens (including phenoxy) is 2. The fourth-order valence-electron chi connectivity index (χ4n) is 2.98. The number of nitrogens with one attached hydrogen (secondary N) is 1. The number of aromatic nitrogens is 3. The summed E-state index contributed by atoms with van der Waals surface area (Å²) in [4.78, 5) is 6.87. The summed E-state index contributed by atoms with van der Waals surface area (Å²) < 4.78 is 10.8. The average Bonchev–Trinajstić information content (AvgIpc) is 3.17. The lowest BCUT2D eigenvalue weighted by atomic mass is 10.1. The molecular formula is C15H20N4O2. The molecule has 3 rings (SSSR count). The molecule has 2 aromatic heterocycles. The average molecular weight is 288 g/mol. The van der Waals surface area contributed by atoms with Gasteiger partial charge in [0.25, 0.3) is 0 Å². The predicted octanol–water partition coefficient (Wildman–Crippen LogP) is 2.16. The zero-order valence-electron chi connectivity index (χ0n) is 12.4. The number of rotatable bonds is 5. The number of H-pyrrole nitrogens is 1. The summed E-state index contributed by atoms with van der Waals surface area (Å²) in [6.07, 6.45) is 5.87. The topological polar surface area (TPSA) is 63.3 Å². The molecular weight excluding hydrogens is 268 g/mol. The third-order valence-corrected chi connectivity index (χ3v) is 3.96. The molecule has 1 unspecified atom stereocenters. The van der Waals surface area contributed by atoms with Gasteiger partial charge in [0, 0.05) is 25.0 Å². The van der Waals surface area contributed by atoms with Crippen molar-refractivity contribution in [2.45, 2.75) is 25.4 Å². The minimum absolute atomic E-state index is 0.366. The van der Waals surface area contributed by atoms with Crippen LogP contribution in [0.1, 0.15) is 30.3 Å². The second-order valence-electron chi connectivity index (χ2n) is 5.13. The van der Waals surface area contributed by atoms with Gasteiger partial charge in [-0.3, -0.25) is 15.0 Å². The molecule has 1 aliphatic rings. The normalized spacial score (nSPS) is 18.9. The van der Waals surface area contributed by atoms with E-state index in [0.29, 0.717) is 6.04 Å². The van der Waals surface area contributed by atoms with Crippen LogP contribution in [0.2, 0.25) is 0 Å². The van der Waals surface area contributed by atoms with Crippen LogP contribution >= 0.6 is 0 Å². The van der Waals surface area contributed by atoms with Gasteiger partial charge in [0.05, 0.1) is 26.0 Å². The van der Waals surface area contributed by atoms with Crippen LogP contribution in [0.5, 0.6) is 11.5 Å². The Bertz CT molecular complexity index is 585. The molecule has 2 aromatic rings. The van der Waals surface area contributed by atoms with Crippen LogP contribution in [0.3, 0.4) is 0 Å². The van der Waals surface area contributed by atoms with Crippen molar-refractivity contribution in [2.24, 2.45) is 0 Å². The monoisotopic (exact) mass is 288 g/mol. The Balaban J connectivity index is 1.83. The van der Waals surface area contributed by atoms with E-state index in [1.165, 1.54) is 6.42 Å². The maximum atomic E-state index is 5.47. The van der Waals surface area contributed by atoms with E-state index in [1.54, 1.807) is 26.6 Å². The van der Waals surface area contributed by atoms with Gasteiger partial charge in [-0.25, -0.2) is 0 Å². The third kappa shape index (κ3) is 2.71. The lowest BCUT2D eigenvalue weighted by molar-refractivity contribution is 0.235. The van der Waals surface area contributed by atoms with Gasteiger partial charge in [-0.05, 0) is 25.5 Å². The van der Waals surface area contributed by atoms with Crippen molar-refractivity contribution in [2.75, 3.05) is 20.8 Å². The van der Waals surface area contributed by atoms with Crippen LogP contribution in [0, 0.1) is 0 Å². The summed E-state index contributed by atoms with van der Waals surface area (Å²) >= 11 is 0. The molecule has 21 heavy (non-hydrogen) atoms. The molecule has 0 bridgehead atoms. The van der Waals surface area contributed by atoms with E-state index in [0.717, 1.165) is 42.4 Å². The minimum atomic E-state index is 0.366. The highest BCUT2D eigenvalue weighted by Gasteiger charge is 2.28. The first kappa shape index (κ1) is 13.9. The number of nitrogens with zero attached hydrogens (tertiary/aromatic N) is 3. The van der Waals surface area contributed by atoms with E-state index in [-0.39, 0.29) is 0 Å².